The molecule has 0 fully saturated rings. The molecule has 5 nitrogen and oxygen atoms in total. The maximum absolute atomic E-state index is 12.0. The molecule has 102 valence electrons. The van der Waals surface area contributed by atoms with E-state index in [1.54, 1.807) is 12.1 Å². The van der Waals surface area contributed by atoms with E-state index in [2.05, 4.69) is 4.72 Å². The van der Waals surface area contributed by atoms with Crippen molar-refractivity contribution < 1.29 is 18.3 Å². The van der Waals surface area contributed by atoms with Crippen LogP contribution in [0.15, 0.2) is 18.2 Å². The fourth-order valence-electron chi connectivity index (χ4n) is 1.55. The van der Waals surface area contributed by atoms with Gasteiger partial charge < -0.3 is 9.84 Å². The number of sulfonamides is 1. The summed E-state index contributed by atoms with van der Waals surface area (Å²) in [4.78, 5) is 0. The molecule has 0 saturated carbocycles. The highest BCUT2D eigenvalue weighted by atomic mass is 32.2. The number of ether oxygens (including phenoxy) is 1. The Morgan fingerprint density at radius 2 is 1.94 bits per heavy atom. The summed E-state index contributed by atoms with van der Waals surface area (Å²) in [5.74, 6) is 0.0802. The molecule has 2 N–H and O–H groups in total. The van der Waals surface area contributed by atoms with E-state index in [9.17, 15) is 13.5 Å². The van der Waals surface area contributed by atoms with Gasteiger partial charge in [-0.25, -0.2) is 8.42 Å². The molecule has 0 spiro atoms. The monoisotopic (exact) mass is 273 g/mol. The van der Waals surface area contributed by atoms with Crippen LogP contribution in [0.3, 0.4) is 0 Å². The third kappa shape index (κ3) is 4.10. The maximum Gasteiger partial charge on any atom is 0.233 e. The number of aromatic hydroxyl groups is 1. The highest BCUT2D eigenvalue weighted by molar-refractivity contribution is 7.92. The molecule has 0 radical (unpaired) electrons. The summed E-state index contributed by atoms with van der Waals surface area (Å²) in [5, 5.41) is 9.68. The highest BCUT2D eigenvalue weighted by Gasteiger charge is 2.23. The number of benzene rings is 1. The van der Waals surface area contributed by atoms with E-state index in [-0.39, 0.29) is 28.4 Å². The van der Waals surface area contributed by atoms with Gasteiger partial charge in [0.05, 0.1) is 12.9 Å². The Hall–Kier alpha value is -1.43. The summed E-state index contributed by atoms with van der Waals surface area (Å²) in [5.41, 5.74) is -0.298. The van der Waals surface area contributed by atoms with Crippen LogP contribution < -0.4 is 9.46 Å². The van der Waals surface area contributed by atoms with Gasteiger partial charge in [-0.3, -0.25) is 4.72 Å². The van der Waals surface area contributed by atoms with Crippen molar-refractivity contribution in [3.8, 4) is 11.5 Å². The van der Waals surface area contributed by atoms with Crippen LogP contribution in [0.25, 0.3) is 0 Å². The van der Waals surface area contributed by atoms with Gasteiger partial charge in [0.2, 0.25) is 10.0 Å². The fourth-order valence-corrected chi connectivity index (χ4v) is 3.28. The molecular formula is C12H19NO4S. The fraction of sp³-hybridized carbons (Fsp3) is 0.500. The van der Waals surface area contributed by atoms with Gasteiger partial charge in [0.15, 0.2) is 0 Å². The molecule has 0 amide bonds. The smallest absolute Gasteiger partial charge is 0.233 e. The minimum absolute atomic E-state index is 0.0442. The van der Waals surface area contributed by atoms with Crippen LogP contribution in [0, 0.1) is 5.41 Å². The summed E-state index contributed by atoms with van der Waals surface area (Å²) in [6, 6.07) is 4.56. The van der Waals surface area contributed by atoms with Crippen LogP contribution in [-0.4, -0.2) is 26.4 Å². The second-order valence-electron chi connectivity index (χ2n) is 5.28. The largest absolute Gasteiger partial charge is 0.506 e. The lowest BCUT2D eigenvalue weighted by Crippen LogP contribution is -2.26. The van der Waals surface area contributed by atoms with Crippen LogP contribution in [0.4, 0.5) is 5.69 Å². The number of nitrogens with one attached hydrogen (secondary N) is 1. The molecule has 0 aliphatic heterocycles. The number of hydrogen-bond donors (Lipinski definition) is 2. The van der Waals surface area contributed by atoms with E-state index in [1.807, 2.05) is 20.8 Å². The zero-order chi connectivity index (χ0) is 14.0. The summed E-state index contributed by atoms with van der Waals surface area (Å²) < 4.78 is 31.3. The van der Waals surface area contributed by atoms with Gasteiger partial charge in [-0.15, -0.1) is 0 Å². The molecule has 1 aromatic carbocycles. The quantitative estimate of drug-likeness (QED) is 0.824. The van der Waals surface area contributed by atoms with Crippen LogP contribution in [0.5, 0.6) is 11.5 Å². The molecule has 0 aliphatic rings. The minimum atomic E-state index is -3.54. The van der Waals surface area contributed by atoms with Gasteiger partial charge in [-0.1, -0.05) is 26.8 Å². The first kappa shape index (κ1) is 14.6. The van der Waals surface area contributed by atoms with E-state index in [4.69, 9.17) is 4.74 Å². The van der Waals surface area contributed by atoms with E-state index in [0.717, 1.165) is 0 Å². The lowest BCUT2D eigenvalue weighted by atomic mass is 10.0. The highest BCUT2D eigenvalue weighted by Crippen LogP contribution is 2.34. The Kier molecular flexibility index (Phi) is 4.11. The molecule has 0 atom stereocenters. The van der Waals surface area contributed by atoms with Crippen LogP contribution >= 0.6 is 0 Å². The number of phenols is 1. The van der Waals surface area contributed by atoms with Gasteiger partial charge in [-0.05, 0) is 17.5 Å². The Labute approximate surface area is 108 Å². The minimum Gasteiger partial charge on any atom is -0.506 e. The summed E-state index contributed by atoms with van der Waals surface area (Å²) in [6.45, 7) is 5.48. The first-order valence-corrected chi connectivity index (χ1v) is 7.16. The van der Waals surface area contributed by atoms with E-state index < -0.39 is 10.0 Å². The predicted molar refractivity (Wildman–Crippen MR) is 71.5 cm³/mol. The van der Waals surface area contributed by atoms with Gasteiger partial charge >= 0.3 is 0 Å². The topological polar surface area (TPSA) is 75.6 Å². The summed E-state index contributed by atoms with van der Waals surface area (Å²) in [6.07, 6.45) is 0. The molecule has 0 heterocycles. The second kappa shape index (κ2) is 5.06. The Bertz CT molecular complexity index is 517. The third-order valence-electron chi connectivity index (χ3n) is 2.10. The van der Waals surface area contributed by atoms with Crippen LogP contribution in [-0.2, 0) is 10.0 Å². The van der Waals surface area contributed by atoms with Crippen molar-refractivity contribution in [2.45, 2.75) is 20.8 Å². The third-order valence-corrected chi connectivity index (χ3v) is 3.87. The average molecular weight is 273 g/mol. The molecule has 18 heavy (non-hydrogen) atoms. The van der Waals surface area contributed by atoms with Gasteiger partial charge in [0.1, 0.15) is 17.2 Å². The Balaban J connectivity index is 3.05. The van der Waals surface area contributed by atoms with Crippen molar-refractivity contribution in [2.75, 3.05) is 17.6 Å². The number of rotatable bonds is 4. The molecular weight excluding hydrogens is 254 g/mol. The van der Waals surface area contributed by atoms with Crippen molar-refractivity contribution in [1.82, 2.24) is 0 Å². The molecule has 0 aliphatic carbocycles. The van der Waals surface area contributed by atoms with Gasteiger partial charge in [0, 0.05) is 0 Å². The Morgan fingerprint density at radius 3 is 2.44 bits per heavy atom. The van der Waals surface area contributed by atoms with E-state index >= 15 is 0 Å². The second-order valence-corrected chi connectivity index (χ2v) is 7.00. The number of anilines is 1. The number of para-hydroxylation sites is 1. The molecule has 6 heteroatoms. The lowest BCUT2D eigenvalue weighted by Gasteiger charge is -2.20. The maximum atomic E-state index is 12.0. The molecule has 1 aromatic rings. The summed E-state index contributed by atoms with van der Waals surface area (Å²) in [7, 11) is -2.12. The lowest BCUT2D eigenvalue weighted by molar-refractivity contribution is 0.410. The zero-order valence-corrected chi connectivity index (χ0v) is 11.8. The zero-order valence-electron chi connectivity index (χ0n) is 11.0. The van der Waals surface area contributed by atoms with E-state index in [1.165, 1.54) is 13.2 Å². The SMILES string of the molecule is COc1cccc(O)c1NS(=O)(=O)CC(C)(C)C. The normalized spacial score (nSPS) is 12.2. The van der Waals surface area contributed by atoms with Crippen molar-refractivity contribution in [2.24, 2.45) is 5.41 Å². The molecule has 0 bridgehead atoms. The number of phenolic OH excluding ortho intramolecular Hbond substituents is 1. The van der Waals surface area contributed by atoms with Crippen molar-refractivity contribution in [1.29, 1.82) is 0 Å². The van der Waals surface area contributed by atoms with Crippen molar-refractivity contribution in [3.05, 3.63) is 18.2 Å². The first-order chi connectivity index (χ1) is 8.14. The van der Waals surface area contributed by atoms with Crippen LogP contribution in [0.2, 0.25) is 0 Å². The summed E-state index contributed by atoms with van der Waals surface area (Å²) >= 11 is 0. The standard InChI is InChI=1S/C12H19NO4S/c1-12(2,3)8-18(15,16)13-11-9(14)6-5-7-10(11)17-4/h5-7,13-14H,8H2,1-4H3. The Morgan fingerprint density at radius 1 is 1.33 bits per heavy atom. The van der Waals surface area contributed by atoms with E-state index in [0.29, 0.717) is 0 Å². The number of methoxy groups -OCH3 is 1. The first-order valence-electron chi connectivity index (χ1n) is 5.51. The predicted octanol–water partition coefficient (Wildman–Crippen LogP) is 2.19. The van der Waals surface area contributed by atoms with Gasteiger partial charge in [0.25, 0.3) is 0 Å². The van der Waals surface area contributed by atoms with Crippen molar-refractivity contribution in [3.63, 3.8) is 0 Å². The van der Waals surface area contributed by atoms with Gasteiger partial charge in [-0.2, -0.15) is 0 Å². The average Bonchev–Trinajstić information content (AvgIpc) is 2.17. The van der Waals surface area contributed by atoms with Crippen LogP contribution in [0.1, 0.15) is 20.8 Å². The number of hydrogen-bond acceptors (Lipinski definition) is 4. The molecule has 0 unspecified atom stereocenters. The van der Waals surface area contributed by atoms with Crippen molar-refractivity contribution >= 4 is 15.7 Å². The molecule has 1 rings (SSSR count). The molecule has 0 saturated heterocycles. The molecule has 0 aromatic heterocycles.